The van der Waals surface area contributed by atoms with Crippen LogP contribution in [0, 0.1) is 11.3 Å². The van der Waals surface area contributed by atoms with Gasteiger partial charge >= 0.3 is 0 Å². The van der Waals surface area contributed by atoms with Gasteiger partial charge in [0, 0.05) is 34.7 Å². The highest BCUT2D eigenvalue weighted by Crippen LogP contribution is 2.47. The summed E-state index contributed by atoms with van der Waals surface area (Å²) in [4.78, 5) is 15.4. The number of fused-ring (bicyclic) bond motifs is 1. The second-order valence-corrected chi connectivity index (χ2v) is 8.68. The van der Waals surface area contributed by atoms with E-state index in [4.69, 9.17) is 21.6 Å². The van der Waals surface area contributed by atoms with Crippen molar-refractivity contribution in [1.29, 1.82) is 5.26 Å². The second-order valence-electron chi connectivity index (χ2n) is 8.24. The van der Waals surface area contributed by atoms with E-state index in [9.17, 15) is 9.90 Å². The summed E-state index contributed by atoms with van der Waals surface area (Å²) in [6.45, 7) is 0.279. The molecule has 0 bridgehead atoms. The van der Waals surface area contributed by atoms with Crippen LogP contribution in [0.15, 0.2) is 84.9 Å². The van der Waals surface area contributed by atoms with Gasteiger partial charge in [0.2, 0.25) is 0 Å². The Hall–Kier alpha value is -3.43. The van der Waals surface area contributed by atoms with Gasteiger partial charge in [0.25, 0.3) is 5.91 Å². The number of halogens is 1. The number of rotatable bonds is 5. The third kappa shape index (κ3) is 3.73. The quantitative estimate of drug-likeness (QED) is 0.561. The van der Waals surface area contributed by atoms with E-state index in [0.717, 1.165) is 16.7 Å². The van der Waals surface area contributed by atoms with E-state index in [1.54, 1.807) is 35.2 Å². The fraction of sp³-hybridized carbons (Fsp3) is 0.185. The second kappa shape index (κ2) is 8.49. The number of hydrogen-bond donors (Lipinski definition) is 1. The van der Waals surface area contributed by atoms with Crippen LogP contribution in [0.2, 0.25) is 5.02 Å². The van der Waals surface area contributed by atoms with Crippen LogP contribution in [-0.2, 0) is 17.0 Å². The van der Waals surface area contributed by atoms with E-state index in [0.29, 0.717) is 22.6 Å². The topological polar surface area (TPSA) is 73.6 Å². The van der Waals surface area contributed by atoms with Crippen LogP contribution in [0.25, 0.3) is 0 Å². The Morgan fingerprint density at radius 2 is 1.79 bits per heavy atom. The van der Waals surface area contributed by atoms with Crippen molar-refractivity contribution in [2.75, 3.05) is 0 Å². The molecule has 33 heavy (non-hydrogen) atoms. The summed E-state index contributed by atoms with van der Waals surface area (Å²) in [6.07, 6.45) is 3.01. The average Bonchev–Trinajstić information content (AvgIpc) is 3.35. The molecule has 3 unspecified atom stereocenters. The van der Waals surface area contributed by atoms with Crippen molar-refractivity contribution in [1.82, 2.24) is 4.90 Å². The summed E-state index contributed by atoms with van der Waals surface area (Å²) < 4.78 is 6.75. The van der Waals surface area contributed by atoms with Crippen molar-refractivity contribution >= 4 is 17.5 Å². The molecule has 3 aromatic carbocycles. The number of aliphatic hydroxyl groups is 1. The largest absolute Gasteiger partial charge is 0.389 e. The Balaban J connectivity index is 1.67. The van der Waals surface area contributed by atoms with Crippen LogP contribution in [0.4, 0.5) is 0 Å². The molecule has 0 spiro atoms. The molecular weight excluding hydrogens is 436 g/mol. The molecule has 0 radical (unpaired) electrons. The number of aliphatic hydroxyl groups excluding tert-OH is 1. The number of amides is 1. The van der Waals surface area contributed by atoms with Crippen LogP contribution >= 0.6 is 11.6 Å². The molecule has 1 amide bonds. The van der Waals surface area contributed by atoms with Gasteiger partial charge in [0.15, 0.2) is 5.72 Å². The van der Waals surface area contributed by atoms with Crippen LogP contribution in [0.5, 0.6) is 0 Å². The molecule has 0 fully saturated rings. The predicted octanol–water partition coefficient (Wildman–Crippen LogP) is 4.77. The summed E-state index contributed by atoms with van der Waals surface area (Å²) in [7, 11) is 0. The Morgan fingerprint density at radius 3 is 2.45 bits per heavy atom. The summed E-state index contributed by atoms with van der Waals surface area (Å²) in [5.74, 6) is -0.146. The van der Waals surface area contributed by atoms with Crippen LogP contribution in [-0.4, -0.2) is 28.1 Å². The molecule has 3 atom stereocenters. The molecule has 1 aliphatic carbocycles. The van der Waals surface area contributed by atoms with Crippen LogP contribution in [0.1, 0.15) is 39.0 Å². The number of nitriles is 1. The maximum Gasteiger partial charge on any atom is 0.257 e. The fourth-order valence-corrected chi connectivity index (χ4v) is 4.71. The lowest BCUT2D eigenvalue weighted by Crippen LogP contribution is -2.48. The highest BCUT2D eigenvalue weighted by molar-refractivity contribution is 6.30. The van der Waals surface area contributed by atoms with E-state index in [1.165, 1.54) is 0 Å². The van der Waals surface area contributed by atoms with Crippen molar-refractivity contribution < 1.29 is 14.6 Å². The van der Waals surface area contributed by atoms with Gasteiger partial charge in [-0.2, -0.15) is 5.26 Å². The summed E-state index contributed by atoms with van der Waals surface area (Å²) in [5, 5.41) is 19.8. The number of carbonyl (C=O) groups is 1. The number of carbonyl (C=O) groups excluding carboxylic acids is 1. The van der Waals surface area contributed by atoms with Gasteiger partial charge in [0.1, 0.15) is 0 Å². The lowest BCUT2D eigenvalue weighted by atomic mass is 9.92. The summed E-state index contributed by atoms with van der Waals surface area (Å²) >= 11 is 6.18. The van der Waals surface area contributed by atoms with Crippen LogP contribution < -0.4 is 0 Å². The first-order valence-corrected chi connectivity index (χ1v) is 11.1. The lowest BCUT2D eigenvalue weighted by molar-refractivity contribution is -0.137. The van der Waals surface area contributed by atoms with Gasteiger partial charge in [-0.25, -0.2) is 0 Å². The maximum absolute atomic E-state index is 13.7. The first-order valence-electron chi connectivity index (χ1n) is 10.7. The van der Waals surface area contributed by atoms with Crippen molar-refractivity contribution in [3.63, 3.8) is 0 Å². The minimum Gasteiger partial charge on any atom is -0.389 e. The number of hydrogen-bond acceptors (Lipinski definition) is 4. The minimum absolute atomic E-state index is 0.146. The monoisotopic (exact) mass is 456 g/mol. The molecule has 3 aromatic rings. The van der Waals surface area contributed by atoms with Gasteiger partial charge in [0.05, 0.1) is 23.8 Å². The van der Waals surface area contributed by atoms with Gasteiger partial charge in [-0.3, -0.25) is 9.69 Å². The Labute approximate surface area is 197 Å². The van der Waals surface area contributed by atoms with E-state index < -0.39 is 11.8 Å². The first-order chi connectivity index (χ1) is 16.0. The van der Waals surface area contributed by atoms with E-state index >= 15 is 0 Å². The minimum atomic E-state index is -1.20. The lowest BCUT2D eigenvalue weighted by Gasteiger charge is -2.41. The Kier molecular flexibility index (Phi) is 5.51. The zero-order valence-electron chi connectivity index (χ0n) is 17.7. The molecule has 0 aromatic heterocycles. The maximum atomic E-state index is 13.7. The van der Waals surface area contributed by atoms with Gasteiger partial charge in [-0.05, 0) is 35.9 Å². The number of nitrogens with zero attached hydrogens (tertiary/aromatic N) is 2. The third-order valence-corrected chi connectivity index (χ3v) is 6.40. The Bertz CT molecular complexity index is 1260. The van der Waals surface area contributed by atoms with E-state index in [2.05, 4.69) is 6.07 Å². The standard InChI is InChI=1S/C27H21ClN2O3/c28-21-11-9-20(10-12-21)27(33-23-14-13-22(31)15-23)25-4-2-1-3-24(25)26(32)30(27)17-19-7-5-18(16-29)6-8-19/h1-14,22-23,31H,15,17H2. The molecule has 6 heteroatoms. The van der Waals surface area contributed by atoms with E-state index in [1.807, 2.05) is 54.6 Å². The molecule has 5 rings (SSSR count). The van der Waals surface area contributed by atoms with Gasteiger partial charge in [-0.1, -0.05) is 66.2 Å². The summed E-state index contributed by atoms with van der Waals surface area (Å²) in [6, 6.07) is 24.1. The fourth-order valence-electron chi connectivity index (χ4n) is 4.59. The molecule has 1 N–H and O–H groups in total. The SMILES string of the molecule is N#Cc1ccc(CN2C(=O)c3ccccc3C2(OC2C=CC(O)C2)c2ccc(Cl)cc2)cc1. The molecule has 5 nitrogen and oxygen atoms in total. The van der Waals surface area contributed by atoms with Gasteiger partial charge < -0.3 is 9.84 Å². The zero-order chi connectivity index (χ0) is 23.0. The molecule has 0 saturated heterocycles. The van der Waals surface area contributed by atoms with Crippen LogP contribution in [0.3, 0.4) is 0 Å². The number of ether oxygens (including phenoxy) is 1. The first kappa shape index (κ1) is 21.4. The molecule has 1 aliphatic heterocycles. The van der Waals surface area contributed by atoms with E-state index in [-0.39, 0.29) is 18.6 Å². The molecule has 1 heterocycles. The summed E-state index contributed by atoms with van der Waals surface area (Å²) in [5.41, 5.74) is 2.32. The van der Waals surface area contributed by atoms with Crippen molar-refractivity contribution in [2.45, 2.75) is 30.9 Å². The average molecular weight is 457 g/mol. The number of benzene rings is 3. The van der Waals surface area contributed by atoms with Crippen molar-refractivity contribution in [3.05, 3.63) is 118 Å². The van der Waals surface area contributed by atoms with Crippen molar-refractivity contribution in [3.8, 4) is 6.07 Å². The van der Waals surface area contributed by atoms with Crippen molar-refractivity contribution in [2.24, 2.45) is 0 Å². The molecule has 0 saturated carbocycles. The normalized spacial score (nSPS) is 23.5. The zero-order valence-corrected chi connectivity index (χ0v) is 18.4. The van der Waals surface area contributed by atoms with Gasteiger partial charge in [-0.15, -0.1) is 0 Å². The third-order valence-electron chi connectivity index (χ3n) is 6.15. The molecule has 2 aliphatic rings. The highest BCUT2D eigenvalue weighted by Gasteiger charge is 2.53. The smallest absolute Gasteiger partial charge is 0.257 e. The Morgan fingerprint density at radius 1 is 1.06 bits per heavy atom. The molecule has 164 valence electrons. The molecular formula is C27H21ClN2O3. The highest BCUT2D eigenvalue weighted by atomic mass is 35.5. The predicted molar refractivity (Wildman–Crippen MR) is 124 cm³/mol.